The van der Waals surface area contributed by atoms with Gasteiger partial charge in [0, 0.05) is 12.4 Å². The number of carbonyl (C=O) groups is 1. The number of allylic oxidation sites excluding steroid dienone is 10. The number of nitrogens with two attached hydrogens (primary N) is 1. The quantitative estimate of drug-likeness (QED) is 0.446. The monoisotopic (exact) mass is 334 g/mol. The highest BCUT2D eigenvalue weighted by atomic mass is 35.5. The molecule has 0 fully saturated rings. The molecule has 126 valence electrons. The zero-order valence-corrected chi connectivity index (χ0v) is 14.7. The lowest BCUT2D eigenvalue weighted by Gasteiger charge is -2.07. The Morgan fingerprint density at radius 1 is 1.35 bits per heavy atom. The molecule has 0 saturated carbocycles. The first-order chi connectivity index (χ1) is 11.1. The number of carbonyl (C=O) groups excluding carboxylic acids is 1. The third-order valence-electron chi connectivity index (χ3n) is 3.03. The molecule has 0 aromatic rings. The van der Waals surface area contributed by atoms with Crippen molar-refractivity contribution >= 4 is 17.5 Å². The minimum absolute atomic E-state index is 0.339. The lowest BCUT2D eigenvalue weighted by Crippen LogP contribution is -2.38. The lowest BCUT2D eigenvalue weighted by molar-refractivity contribution is -0.119. The maximum Gasteiger partial charge on any atom is 0.234 e. The van der Waals surface area contributed by atoms with Gasteiger partial charge in [-0.3, -0.25) is 4.79 Å². The molecule has 0 rings (SSSR count). The van der Waals surface area contributed by atoms with Crippen LogP contribution in [0.3, 0.4) is 0 Å². The van der Waals surface area contributed by atoms with E-state index in [0.717, 1.165) is 17.6 Å². The Balaban J connectivity index is 4.91. The Bertz CT molecular complexity index is 513. The molecule has 0 aliphatic rings. The van der Waals surface area contributed by atoms with E-state index in [1.54, 1.807) is 13.0 Å². The number of hydrogen-bond donors (Lipinski definition) is 2. The number of halogens is 1. The van der Waals surface area contributed by atoms with Crippen LogP contribution in [-0.4, -0.2) is 24.4 Å². The fourth-order valence-corrected chi connectivity index (χ4v) is 1.92. The number of alkyl halides is 1. The minimum atomic E-state index is -0.357. The van der Waals surface area contributed by atoms with Crippen molar-refractivity contribution in [3.8, 4) is 0 Å². The minimum Gasteiger partial charge on any atom is -0.368 e. The van der Waals surface area contributed by atoms with E-state index in [1.807, 2.05) is 55.5 Å². The van der Waals surface area contributed by atoms with E-state index in [0.29, 0.717) is 12.4 Å². The molecule has 4 heteroatoms. The molecule has 0 aliphatic carbocycles. The van der Waals surface area contributed by atoms with Gasteiger partial charge >= 0.3 is 0 Å². The second-order valence-electron chi connectivity index (χ2n) is 4.83. The summed E-state index contributed by atoms with van der Waals surface area (Å²) < 4.78 is 0. The fraction of sp³-hybridized carbons (Fsp3) is 0.316. The van der Waals surface area contributed by atoms with Gasteiger partial charge in [0.2, 0.25) is 5.91 Å². The van der Waals surface area contributed by atoms with E-state index in [1.165, 1.54) is 0 Å². The molecule has 0 spiro atoms. The van der Waals surface area contributed by atoms with Gasteiger partial charge in [0.25, 0.3) is 0 Å². The molecule has 0 aromatic carbocycles. The van der Waals surface area contributed by atoms with Crippen LogP contribution in [-0.2, 0) is 4.79 Å². The van der Waals surface area contributed by atoms with E-state index in [4.69, 9.17) is 17.3 Å². The van der Waals surface area contributed by atoms with Gasteiger partial charge in [0.05, 0.1) is 6.04 Å². The van der Waals surface area contributed by atoms with Crippen molar-refractivity contribution in [3.63, 3.8) is 0 Å². The summed E-state index contributed by atoms with van der Waals surface area (Å²) in [5.74, 6) is 0.109. The third-order valence-corrected chi connectivity index (χ3v) is 3.19. The van der Waals surface area contributed by atoms with Gasteiger partial charge in [-0.1, -0.05) is 61.3 Å². The van der Waals surface area contributed by atoms with Crippen molar-refractivity contribution < 1.29 is 4.79 Å². The van der Waals surface area contributed by atoms with Crippen LogP contribution >= 0.6 is 11.6 Å². The summed E-state index contributed by atoms with van der Waals surface area (Å²) in [6.45, 7) is 7.97. The average Bonchev–Trinajstić information content (AvgIpc) is 2.52. The standard InChI is InChI=1S/C19H27ClN2O/c1-4-6-7-11-18(13-14-20)17(10-5-2)12-8-9-15-22-16(3)19(21)23/h4-10,12-13,16,22H,1,11,14-15H2,2-3H3,(H2,21,23)/b7-6-,9-8+,10-5-,17-12+,18-13+. The predicted molar refractivity (Wildman–Crippen MR) is 101 cm³/mol. The first-order valence-electron chi connectivity index (χ1n) is 7.61. The highest BCUT2D eigenvalue weighted by molar-refractivity contribution is 6.19. The van der Waals surface area contributed by atoms with E-state index in [9.17, 15) is 4.79 Å². The fourth-order valence-electron chi connectivity index (χ4n) is 1.74. The highest BCUT2D eigenvalue weighted by Gasteiger charge is 2.04. The van der Waals surface area contributed by atoms with Gasteiger partial charge in [-0.05, 0) is 31.4 Å². The Morgan fingerprint density at radius 2 is 2.09 bits per heavy atom. The van der Waals surface area contributed by atoms with E-state index in [-0.39, 0.29) is 11.9 Å². The van der Waals surface area contributed by atoms with Crippen LogP contribution in [0, 0.1) is 0 Å². The molecule has 0 saturated heterocycles. The van der Waals surface area contributed by atoms with Gasteiger partial charge in [0.1, 0.15) is 0 Å². The van der Waals surface area contributed by atoms with Crippen LogP contribution in [0.4, 0.5) is 0 Å². The topological polar surface area (TPSA) is 55.1 Å². The summed E-state index contributed by atoms with van der Waals surface area (Å²) in [7, 11) is 0. The van der Waals surface area contributed by atoms with Gasteiger partial charge in [-0.2, -0.15) is 0 Å². The zero-order chi connectivity index (χ0) is 17.5. The van der Waals surface area contributed by atoms with Crippen LogP contribution in [0.25, 0.3) is 0 Å². The summed E-state index contributed by atoms with van der Waals surface area (Å²) in [5, 5.41) is 3.02. The SMILES string of the molecule is C=C/C=C\CC(=C\CCl)/C(/C=C\C)=C/C=C/CNC(C)C(N)=O. The van der Waals surface area contributed by atoms with Gasteiger partial charge in [-0.25, -0.2) is 0 Å². The average molecular weight is 335 g/mol. The summed E-state index contributed by atoms with van der Waals surface area (Å²) >= 11 is 5.86. The molecule has 1 atom stereocenters. The lowest BCUT2D eigenvalue weighted by atomic mass is 10.0. The Labute approximate surface area is 145 Å². The molecular formula is C19H27ClN2O. The first-order valence-corrected chi connectivity index (χ1v) is 8.15. The van der Waals surface area contributed by atoms with Crippen LogP contribution in [0.5, 0.6) is 0 Å². The number of primary amides is 1. The maximum absolute atomic E-state index is 10.9. The second kappa shape index (κ2) is 13.8. The van der Waals surface area contributed by atoms with Crippen molar-refractivity contribution in [3.05, 3.63) is 72.4 Å². The number of nitrogens with one attached hydrogen (secondary N) is 1. The highest BCUT2D eigenvalue weighted by Crippen LogP contribution is 2.17. The van der Waals surface area contributed by atoms with Crippen molar-refractivity contribution in [1.29, 1.82) is 0 Å². The maximum atomic E-state index is 10.9. The van der Waals surface area contributed by atoms with Gasteiger partial charge in [0.15, 0.2) is 0 Å². The van der Waals surface area contributed by atoms with Crippen LogP contribution in [0.1, 0.15) is 20.3 Å². The normalized spacial score (nSPS) is 14.9. The molecule has 0 heterocycles. The first kappa shape index (κ1) is 21.2. The number of hydrogen-bond acceptors (Lipinski definition) is 2. The molecule has 1 unspecified atom stereocenters. The molecule has 0 radical (unpaired) electrons. The molecular weight excluding hydrogens is 308 g/mol. The van der Waals surface area contributed by atoms with Crippen molar-refractivity contribution in [2.24, 2.45) is 5.73 Å². The van der Waals surface area contributed by atoms with Crippen molar-refractivity contribution in [1.82, 2.24) is 5.32 Å². The van der Waals surface area contributed by atoms with Gasteiger partial charge in [-0.15, -0.1) is 11.6 Å². The summed E-state index contributed by atoms with van der Waals surface area (Å²) in [4.78, 5) is 10.9. The van der Waals surface area contributed by atoms with E-state index < -0.39 is 0 Å². The van der Waals surface area contributed by atoms with Gasteiger partial charge < -0.3 is 11.1 Å². The molecule has 3 N–H and O–H groups in total. The number of rotatable bonds is 11. The molecule has 1 amide bonds. The molecule has 23 heavy (non-hydrogen) atoms. The Kier molecular flexibility index (Phi) is 12.7. The molecule has 3 nitrogen and oxygen atoms in total. The van der Waals surface area contributed by atoms with Crippen molar-refractivity contribution in [2.75, 3.05) is 12.4 Å². The van der Waals surface area contributed by atoms with E-state index in [2.05, 4.69) is 11.9 Å². The summed E-state index contributed by atoms with van der Waals surface area (Å²) in [6.07, 6.45) is 18.5. The van der Waals surface area contributed by atoms with Crippen LogP contribution in [0.2, 0.25) is 0 Å². The smallest absolute Gasteiger partial charge is 0.234 e. The summed E-state index contributed by atoms with van der Waals surface area (Å²) in [6, 6.07) is -0.339. The van der Waals surface area contributed by atoms with Crippen LogP contribution < -0.4 is 11.1 Å². The predicted octanol–water partition coefficient (Wildman–Crippen LogP) is 3.81. The molecule has 0 bridgehead atoms. The molecule has 0 aromatic heterocycles. The van der Waals surface area contributed by atoms with Crippen LogP contribution in [0.15, 0.2) is 72.4 Å². The van der Waals surface area contributed by atoms with Crippen molar-refractivity contribution in [2.45, 2.75) is 26.3 Å². The largest absolute Gasteiger partial charge is 0.368 e. The Morgan fingerprint density at radius 3 is 2.65 bits per heavy atom. The van der Waals surface area contributed by atoms with E-state index >= 15 is 0 Å². The second-order valence-corrected chi connectivity index (χ2v) is 5.14. The third kappa shape index (κ3) is 10.5. The summed E-state index contributed by atoms with van der Waals surface area (Å²) in [5.41, 5.74) is 7.44. The Hall–Kier alpha value is -1.84. The number of amides is 1. The molecule has 0 aliphatic heterocycles. The zero-order valence-electron chi connectivity index (χ0n) is 14.0.